The van der Waals surface area contributed by atoms with Crippen molar-refractivity contribution in [2.24, 2.45) is 5.92 Å². The van der Waals surface area contributed by atoms with Gasteiger partial charge in [-0.15, -0.1) is 0 Å². The second-order valence-corrected chi connectivity index (χ2v) is 8.71. The van der Waals surface area contributed by atoms with E-state index in [4.69, 9.17) is 4.74 Å². The molecule has 0 unspecified atom stereocenters. The minimum atomic E-state index is -0.517. The summed E-state index contributed by atoms with van der Waals surface area (Å²) in [6, 6.07) is 0. The molecule has 0 spiro atoms. The fraction of sp³-hybridized carbons (Fsp3) is 0.889. The van der Waals surface area contributed by atoms with E-state index in [1.807, 2.05) is 39.5 Å². The summed E-state index contributed by atoms with van der Waals surface area (Å²) in [5.41, 5.74) is -0.931. The molecule has 1 aliphatic heterocycles. The Morgan fingerprint density at radius 2 is 1.67 bits per heavy atom. The Balaban J connectivity index is 1.98. The molecule has 2 rings (SSSR count). The maximum absolute atomic E-state index is 12.9. The highest BCUT2D eigenvalue weighted by atomic mass is 16.6. The van der Waals surface area contributed by atoms with Gasteiger partial charge in [-0.25, -0.2) is 4.79 Å². The summed E-state index contributed by atoms with van der Waals surface area (Å²) in [4.78, 5) is 28.8. The highest BCUT2D eigenvalue weighted by Gasteiger charge is 2.41. The van der Waals surface area contributed by atoms with E-state index in [-0.39, 0.29) is 24.0 Å². The minimum Gasteiger partial charge on any atom is -0.444 e. The number of nitrogens with zero attached hydrogens (tertiary/aromatic N) is 2. The molecule has 138 valence electrons. The van der Waals surface area contributed by atoms with Crippen LogP contribution in [-0.2, 0) is 9.53 Å². The fourth-order valence-electron chi connectivity index (χ4n) is 3.59. The maximum atomic E-state index is 12.9. The van der Waals surface area contributed by atoms with Gasteiger partial charge in [0.15, 0.2) is 0 Å². The molecule has 1 aliphatic carbocycles. The number of aliphatic hydroxyl groups excluding tert-OH is 1. The number of piperazine rings is 1. The van der Waals surface area contributed by atoms with Gasteiger partial charge in [-0.2, -0.15) is 0 Å². The molecule has 1 N–H and O–H groups in total. The Morgan fingerprint density at radius 3 is 2.17 bits per heavy atom. The normalized spacial score (nSPS) is 27.8. The van der Waals surface area contributed by atoms with Crippen LogP contribution in [-0.4, -0.2) is 63.8 Å². The molecule has 1 heterocycles. The number of aliphatic hydroxyl groups is 1. The van der Waals surface area contributed by atoms with Crippen LogP contribution in [0.5, 0.6) is 0 Å². The number of hydrogen-bond donors (Lipinski definition) is 1. The number of ether oxygens (including phenoxy) is 1. The molecule has 0 aromatic rings. The highest BCUT2D eigenvalue weighted by molar-refractivity contribution is 5.80. The number of amides is 2. The average Bonchev–Trinajstić information content (AvgIpc) is 2.44. The zero-order valence-electron chi connectivity index (χ0n) is 15.7. The summed E-state index contributed by atoms with van der Waals surface area (Å²) in [5.74, 6) is 0.163. The first kappa shape index (κ1) is 19.0. The third-order valence-corrected chi connectivity index (χ3v) is 4.87. The van der Waals surface area contributed by atoms with Gasteiger partial charge in [-0.3, -0.25) is 4.79 Å². The largest absolute Gasteiger partial charge is 0.444 e. The molecule has 1 saturated heterocycles. The molecule has 6 heteroatoms. The van der Waals surface area contributed by atoms with Gasteiger partial charge in [-0.1, -0.05) is 0 Å². The topological polar surface area (TPSA) is 70.1 Å². The monoisotopic (exact) mass is 340 g/mol. The standard InChI is InChI=1S/C18H32N2O4/c1-17(2,3)24-16(23)19-10-11-20(18(4,5)12-19)15(22)13-6-8-14(21)9-7-13/h13-14,21H,6-12H2,1-5H3/t13-,14-. The van der Waals surface area contributed by atoms with Crippen molar-refractivity contribution in [1.29, 1.82) is 0 Å². The Kier molecular flexibility index (Phi) is 5.47. The summed E-state index contributed by atoms with van der Waals surface area (Å²) in [7, 11) is 0. The summed E-state index contributed by atoms with van der Waals surface area (Å²) in [6.45, 7) is 11.1. The lowest BCUT2D eigenvalue weighted by molar-refractivity contribution is -0.146. The van der Waals surface area contributed by atoms with Crippen LogP contribution >= 0.6 is 0 Å². The van der Waals surface area contributed by atoms with Gasteiger partial charge in [0.1, 0.15) is 5.60 Å². The van der Waals surface area contributed by atoms with Crippen molar-refractivity contribution in [3.63, 3.8) is 0 Å². The Morgan fingerprint density at radius 1 is 1.08 bits per heavy atom. The second-order valence-electron chi connectivity index (χ2n) is 8.71. The lowest BCUT2D eigenvalue weighted by Crippen LogP contribution is -2.63. The van der Waals surface area contributed by atoms with Crippen LogP contribution in [0.4, 0.5) is 4.79 Å². The number of carbonyl (C=O) groups excluding carboxylic acids is 2. The summed E-state index contributed by atoms with van der Waals surface area (Å²) in [6.07, 6.45) is 2.34. The molecule has 2 aliphatic rings. The van der Waals surface area contributed by atoms with Gasteiger partial charge >= 0.3 is 6.09 Å². The predicted molar refractivity (Wildman–Crippen MR) is 91.6 cm³/mol. The maximum Gasteiger partial charge on any atom is 0.410 e. The zero-order valence-corrected chi connectivity index (χ0v) is 15.7. The first-order chi connectivity index (χ1) is 11.0. The smallest absolute Gasteiger partial charge is 0.410 e. The van der Waals surface area contributed by atoms with Crippen LogP contribution in [0.3, 0.4) is 0 Å². The zero-order chi connectivity index (χ0) is 18.1. The van der Waals surface area contributed by atoms with Crippen LogP contribution in [0.1, 0.15) is 60.3 Å². The van der Waals surface area contributed by atoms with E-state index >= 15 is 0 Å². The predicted octanol–water partition coefficient (Wildman–Crippen LogP) is 2.40. The van der Waals surface area contributed by atoms with Crippen molar-refractivity contribution in [1.82, 2.24) is 9.80 Å². The minimum absolute atomic E-state index is 0.000696. The molecule has 6 nitrogen and oxygen atoms in total. The van der Waals surface area contributed by atoms with Crippen molar-refractivity contribution in [3.8, 4) is 0 Å². The fourth-order valence-corrected chi connectivity index (χ4v) is 3.59. The number of rotatable bonds is 1. The second kappa shape index (κ2) is 6.90. The van der Waals surface area contributed by atoms with Gasteiger partial charge in [0.25, 0.3) is 0 Å². The molecule has 0 atom stereocenters. The van der Waals surface area contributed by atoms with Crippen LogP contribution in [0, 0.1) is 5.92 Å². The average molecular weight is 340 g/mol. The van der Waals surface area contributed by atoms with E-state index in [0.717, 1.165) is 12.8 Å². The van der Waals surface area contributed by atoms with Crippen molar-refractivity contribution < 1.29 is 19.4 Å². The van der Waals surface area contributed by atoms with Crippen molar-refractivity contribution in [3.05, 3.63) is 0 Å². The summed E-state index contributed by atoms with van der Waals surface area (Å²) in [5, 5.41) is 9.63. The highest BCUT2D eigenvalue weighted by Crippen LogP contribution is 2.30. The number of carbonyl (C=O) groups is 2. The molecule has 0 bridgehead atoms. The van der Waals surface area contributed by atoms with Crippen LogP contribution in [0.25, 0.3) is 0 Å². The van der Waals surface area contributed by atoms with E-state index < -0.39 is 11.1 Å². The molecule has 1 saturated carbocycles. The molecular weight excluding hydrogens is 308 g/mol. The molecule has 2 amide bonds. The van der Waals surface area contributed by atoms with E-state index in [2.05, 4.69) is 0 Å². The summed E-state index contributed by atoms with van der Waals surface area (Å²) < 4.78 is 5.45. The van der Waals surface area contributed by atoms with Crippen molar-refractivity contribution in [2.45, 2.75) is 77.5 Å². The van der Waals surface area contributed by atoms with E-state index in [9.17, 15) is 14.7 Å². The molecule has 24 heavy (non-hydrogen) atoms. The lowest BCUT2D eigenvalue weighted by Gasteiger charge is -2.48. The quantitative estimate of drug-likeness (QED) is 0.796. The van der Waals surface area contributed by atoms with Gasteiger partial charge in [0.2, 0.25) is 5.91 Å². The van der Waals surface area contributed by atoms with Gasteiger partial charge < -0.3 is 19.6 Å². The SMILES string of the molecule is CC(C)(C)OC(=O)N1CCN(C(=O)[C@H]2CC[C@H](O)CC2)C(C)(C)C1. The third kappa shape index (κ3) is 4.62. The molecule has 0 radical (unpaired) electrons. The molecule has 0 aromatic heterocycles. The Hall–Kier alpha value is -1.30. The molecule has 0 aromatic carbocycles. The first-order valence-corrected chi connectivity index (χ1v) is 8.97. The Bertz CT molecular complexity index is 476. The van der Waals surface area contributed by atoms with Gasteiger partial charge in [-0.05, 0) is 60.3 Å². The first-order valence-electron chi connectivity index (χ1n) is 8.97. The van der Waals surface area contributed by atoms with Crippen molar-refractivity contribution in [2.75, 3.05) is 19.6 Å². The van der Waals surface area contributed by atoms with Crippen LogP contribution in [0.15, 0.2) is 0 Å². The van der Waals surface area contributed by atoms with Gasteiger partial charge in [0.05, 0.1) is 11.6 Å². The van der Waals surface area contributed by atoms with E-state index in [0.29, 0.717) is 32.5 Å². The molecular formula is C18H32N2O4. The summed E-state index contributed by atoms with van der Waals surface area (Å²) >= 11 is 0. The van der Waals surface area contributed by atoms with E-state index in [1.54, 1.807) is 4.90 Å². The van der Waals surface area contributed by atoms with E-state index in [1.165, 1.54) is 0 Å². The Labute approximate surface area is 145 Å². The third-order valence-electron chi connectivity index (χ3n) is 4.87. The number of hydrogen-bond acceptors (Lipinski definition) is 4. The van der Waals surface area contributed by atoms with Crippen LogP contribution in [0.2, 0.25) is 0 Å². The van der Waals surface area contributed by atoms with Crippen LogP contribution < -0.4 is 0 Å². The van der Waals surface area contributed by atoms with Crippen molar-refractivity contribution >= 4 is 12.0 Å². The molecule has 2 fully saturated rings. The van der Waals surface area contributed by atoms with Gasteiger partial charge in [0, 0.05) is 25.6 Å². The lowest BCUT2D eigenvalue weighted by atomic mass is 9.85.